The summed E-state index contributed by atoms with van der Waals surface area (Å²) in [5.41, 5.74) is 2.26. The van der Waals surface area contributed by atoms with Crippen molar-refractivity contribution in [3.8, 4) is 0 Å². The molecule has 1 atom stereocenters. The quantitative estimate of drug-likeness (QED) is 0.672. The van der Waals surface area contributed by atoms with E-state index in [0.29, 0.717) is 0 Å². The van der Waals surface area contributed by atoms with Gasteiger partial charge in [-0.15, -0.1) is 0 Å². The van der Waals surface area contributed by atoms with Crippen LogP contribution in [0.5, 0.6) is 0 Å². The average Bonchev–Trinajstić information content (AvgIpc) is 2.75. The lowest BCUT2D eigenvalue weighted by atomic mass is 10.2. The van der Waals surface area contributed by atoms with Gasteiger partial charge in [-0.05, 0) is 37.3 Å². The van der Waals surface area contributed by atoms with E-state index in [4.69, 9.17) is 0 Å². The average molecular weight is 348 g/mol. The largest absolute Gasteiger partial charge is 0.349 e. The summed E-state index contributed by atoms with van der Waals surface area (Å²) in [6, 6.07) is 13.9. The summed E-state index contributed by atoms with van der Waals surface area (Å²) in [4.78, 5) is 1.69. The third kappa shape index (κ3) is 2.34. The second-order valence-corrected chi connectivity index (χ2v) is 7.21. The molecule has 2 aromatic carbocycles. The molecule has 0 aliphatic rings. The number of halogens is 1. The van der Waals surface area contributed by atoms with Crippen molar-refractivity contribution in [2.24, 2.45) is 7.05 Å². The zero-order valence-corrected chi connectivity index (χ0v) is 13.7. The van der Waals surface area contributed by atoms with Crippen LogP contribution in [0.3, 0.4) is 0 Å². The topological polar surface area (TPSA) is 22.0 Å². The van der Waals surface area contributed by atoms with Crippen LogP contribution in [0.25, 0.3) is 10.9 Å². The third-order valence-electron chi connectivity index (χ3n) is 3.35. The lowest BCUT2D eigenvalue weighted by Gasteiger charge is -2.02. The molecule has 2 nitrogen and oxygen atoms in total. The van der Waals surface area contributed by atoms with Crippen LogP contribution < -0.4 is 0 Å². The Morgan fingerprint density at radius 1 is 1.10 bits per heavy atom. The van der Waals surface area contributed by atoms with Gasteiger partial charge in [-0.25, -0.2) is 4.21 Å². The highest BCUT2D eigenvalue weighted by Gasteiger charge is 2.14. The molecule has 0 spiro atoms. The first kappa shape index (κ1) is 13.6. The molecule has 1 aromatic heterocycles. The maximum atomic E-state index is 12.8. The van der Waals surface area contributed by atoms with E-state index in [0.717, 1.165) is 25.2 Å². The van der Waals surface area contributed by atoms with Gasteiger partial charge < -0.3 is 4.57 Å². The van der Waals surface area contributed by atoms with E-state index in [1.165, 1.54) is 5.56 Å². The van der Waals surface area contributed by atoms with Crippen LogP contribution in [0, 0.1) is 6.92 Å². The van der Waals surface area contributed by atoms with Crippen LogP contribution in [0.15, 0.2) is 62.9 Å². The Morgan fingerprint density at radius 3 is 2.50 bits per heavy atom. The molecule has 3 aromatic rings. The summed E-state index contributed by atoms with van der Waals surface area (Å²) in [6.45, 7) is 2.03. The zero-order valence-electron chi connectivity index (χ0n) is 11.3. The van der Waals surface area contributed by atoms with Crippen LogP contribution in [-0.4, -0.2) is 8.78 Å². The molecule has 0 saturated heterocycles. The second-order valence-electron chi connectivity index (χ2n) is 4.85. The molecule has 0 bridgehead atoms. The summed E-state index contributed by atoms with van der Waals surface area (Å²) >= 11 is 3.48. The molecule has 0 amide bonds. The van der Waals surface area contributed by atoms with E-state index in [1.54, 1.807) is 0 Å². The first-order chi connectivity index (χ1) is 9.56. The van der Waals surface area contributed by atoms with Crippen molar-refractivity contribution < 1.29 is 4.21 Å². The van der Waals surface area contributed by atoms with Crippen LogP contribution in [0.4, 0.5) is 0 Å². The van der Waals surface area contributed by atoms with Crippen molar-refractivity contribution in [2.45, 2.75) is 16.7 Å². The van der Waals surface area contributed by atoms with E-state index < -0.39 is 10.8 Å². The molecule has 1 unspecified atom stereocenters. The minimum absolute atomic E-state index is 0.836. The van der Waals surface area contributed by atoms with Gasteiger partial charge in [0.15, 0.2) is 0 Å². The Labute approximate surface area is 129 Å². The second kappa shape index (κ2) is 5.19. The number of aryl methyl sites for hydroxylation is 2. The highest BCUT2D eigenvalue weighted by Crippen LogP contribution is 2.29. The first-order valence-corrected chi connectivity index (χ1v) is 8.23. The number of benzene rings is 2. The van der Waals surface area contributed by atoms with E-state index in [1.807, 2.05) is 67.2 Å². The number of aromatic nitrogens is 1. The van der Waals surface area contributed by atoms with Gasteiger partial charge in [0.25, 0.3) is 0 Å². The molecule has 0 N–H and O–H groups in total. The highest BCUT2D eigenvalue weighted by atomic mass is 79.9. The number of rotatable bonds is 2. The molecule has 0 radical (unpaired) electrons. The lowest BCUT2D eigenvalue weighted by molar-refractivity contribution is 0.683. The maximum Gasteiger partial charge on any atom is 0.0871 e. The molecule has 1 heterocycles. The molecule has 0 aliphatic heterocycles. The Hall–Kier alpha value is -1.39. The van der Waals surface area contributed by atoms with Crippen molar-refractivity contribution in [2.75, 3.05) is 0 Å². The smallest absolute Gasteiger partial charge is 0.0871 e. The Kier molecular flexibility index (Phi) is 3.52. The van der Waals surface area contributed by atoms with Gasteiger partial charge in [-0.1, -0.05) is 33.6 Å². The predicted octanol–water partition coefficient (Wildman–Crippen LogP) is 4.42. The Balaban J connectivity index is 2.16. The molecule has 102 valence electrons. The minimum atomic E-state index is -1.16. The molecule has 0 aliphatic carbocycles. The van der Waals surface area contributed by atoms with E-state index >= 15 is 0 Å². The van der Waals surface area contributed by atoms with Gasteiger partial charge in [0.05, 0.1) is 15.7 Å². The van der Waals surface area contributed by atoms with Gasteiger partial charge in [-0.2, -0.15) is 0 Å². The summed E-state index contributed by atoms with van der Waals surface area (Å²) in [7, 11) is 0.820. The fourth-order valence-electron chi connectivity index (χ4n) is 2.26. The normalized spacial score (nSPS) is 12.8. The molecule has 3 rings (SSSR count). The Bertz CT molecular complexity index is 805. The van der Waals surface area contributed by atoms with Crippen molar-refractivity contribution in [1.29, 1.82) is 0 Å². The molecule has 0 saturated carbocycles. The monoisotopic (exact) mass is 347 g/mol. The molecule has 4 heteroatoms. The summed E-state index contributed by atoms with van der Waals surface area (Å²) in [5.74, 6) is 0. The van der Waals surface area contributed by atoms with Crippen LogP contribution in [0.2, 0.25) is 0 Å². The van der Waals surface area contributed by atoms with Gasteiger partial charge in [0.2, 0.25) is 0 Å². The van der Waals surface area contributed by atoms with Gasteiger partial charge in [0.1, 0.15) is 0 Å². The van der Waals surface area contributed by atoms with E-state index in [2.05, 4.69) is 15.9 Å². The maximum absolute atomic E-state index is 12.8. The van der Waals surface area contributed by atoms with E-state index in [-0.39, 0.29) is 0 Å². The van der Waals surface area contributed by atoms with Crippen LogP contribution >= 0.6 is 15.9 Å². The SMILES string of the molecule is Cc1ccc(S(=O)c2cn(C)c3ccc(Br)cc23)cc1. The Morgan fingerprint density at radius 2 is 1.80 bits per heavy atom. The van der Waals surface area contributed by atoms with Gasteiger partial charge >= 0.3 is 0 Å². The van der Waals surface area contributed by atoms with Gasteiger partial charge in [0, 0.05) is 33.5 Å². The first-order valence-electron chi connectivity index (χ1n) is 6.29. The van der Waals surface area contributed by atoms with E-state index in [9.17, 15) is 4.21 Å². The zero-order chi connectivity index (χ0) is 14.3. The third-order valence-corrected chi connectivity index (χ3v) is 5.27. The fourth-order valence-corrected chi connectivity index (χ4v) is 3.88. The van der Waals surface area contributed by atoms with Crippen LogP contribution in [0.1, 0.15) is 5.56 Å². The molecular formula is C16H14BrNOS. The van der Waals surface area contributed by atoms with Crippen molar-refractivity contribution >= 4 is 37.6 Å². The lowest BCUT2D eigenvalue weighted by Crippen LogP contribution is -1.92. The minimum Gasteiger partial charge on any atom is -0.349 e. The molecule has 20 heavy (non-hydrogen) atoms. The highest BCUT2D eigenvalue weighted by molar-refractivity contribution is 9.10. The summed E-state index contributed by atoms with van der Waals surface area (Å²) in [6.07, 6.45) is 1.95. The molecule has 0 fully saturated rings. The molecular weight excluding hydrogens is 334 g/mol. The summed E-state index contributed by atoms with van der Waals surface area (Å²) in [5, 5.41) is 1.03. The van der Waals surface area contributed by atoms with Crippen molar-refractivity contribution in [3.63, 3.8) is 0 Å². The number of hydrogen-bond donors (Lipinski definition) is 0. The number of nitrogens with zero attached hydrogens (tertiary/aromatic N) is 1. The summed E-state index contributed by atoms with van der Waals surface area (Å²) < 4.78 is 15.8. The van der Waals surface area contributed by atoms with Crippen molar-refractivity contribution in [3.05, 3.63) is 58.7 Å². The predicted molar refractivity (Wildman–Crippen MR) is 86.5 cm³/mol. The number of fused-ring (bicyclic) bond motifs is 1. The number of hydrogen-bond acceptors (Lipinski definition) is 1. The standard InChI is InChI=1S/C16H14BrNOS/c1-11-3-6-13(7-4-11)20(19)16-10-18(2)15-8-5-12(17)9-14(15)16/h3-10H,1-2H3. The van der Waals surface area contributed by atoms with Crippen LogP contribution in [-0.2, 0) is 17.8 Å². The fraction of sp³-hybridized carbons (Fsp3) is 0.125. The van der Waals surface area contributed by atoms with Crippen molar-refractivity contribution in [1.82, 2.24) is 4.57 Å². The van der Waals surface area contributed by atoms with Gasteiger partial charge in [-0.3, -0.25) is 0 Å².